The summed E-state index contributed by atoms with van der Waals surface area (Å²) < 4.78 is 10.4. The Morgan fingerprint density at radius 3 is 2.72 bits per heavy atom. The highest BCUT2D eigenvalue weighted by Gasteiger charge is 2.17. The lowest BCUT2D eigenvalue weighted by Gasteiger charge is -2.16. The summed E-state index contributed by atoms with van der Waals surface area (Å²) in [6.45, 7) is 5.16. The van der Waals surface area contributed by atoms with E-state index in [2.05, 4.69) is 5.32 Å². The number of hydrogen-bond donors (Lipinski definition) is 1. The van der Waals surface area contributed by atoms with Crippen LogP contribution in [0.2, 0.25) is 0 Å². The monoisotopic (exact) mass is 251 g/mol. The third-order valence-electron chi connectivity index (χ3n) is 2.69. The van der Waals surface area contributed by atoms with E-state index in [1.807, 2.05) is 38.1 Å². The molecule has 0 aliphatic heterocycles. The van der Waals surface area contributed by atoms with Crippen molar-refractivity contribution in [3.8, 4) is 5.75 Å². The molecule has 0 bridgehead atoms. The predicted molar refractivity (Wildman–Crippen MR) is 70.8 cm³/mol. The summed E-state index contributed by atoms with van der Waals surface area (Å²) in [4.78, 5) is 11.5. The number of nitrogens with one attached hydrogen (secondary N) is 1. The molecule has 1 unspecified atom stereocenters. The Labute approximate surface area is 108 Å². The highest BCUT2D eigenvalue weighted by molar-refractivity contribution is 5.75. The Morgan fingerprint density at radius 1 is 1.39 bits per heavy atom. The number of para-hydroxylation sites is 1. The van der Waals surface area contributed by atoms with E-state index >= 15 is 0 Å². The van der Waals surface area contributed by atoms with Crippen LogP contribution in [0.25, 0.3) is 0 Å². The van der Waals surface area contributed by atoms with Crippen LogP contribution >= 0.6 is 0 Å². The molecule has 0 saturated carbocycles. The summed E-state index contributed by atoms with van der Waals surface area (Å²) in [7, 11) is 1.40. The van der Waals surface area contributed by atoms with Gasteiger partial charge in [0.2, 0.25) is 0 Å². The zero-order valence-electron chi connectivity index (χ0n) is 11.2. The lowest BCUT2D eigenvalue weighted by molar-refractivity contribution is -0.143. The molecule has 0 aromatic heterocycles. The molecule has 4 heteroatoms. The van der Waals surface area contributed by atoms with Crippen molar-refractivity contribution in [3.05, 3.63) is 29.8 Å². The number of rotatable bonds is 7. The molecule has 0 heterocycles. The second kappa shape index (κ2) is 7.71. The van der Waals surface area contributed by atoms with Crippen molar-refractivity contribution >= 4 is 5.97 Å². The first kappa shape index (κ1) is 14.5. The smallest absolute Gasteiger partial charge is 0.322 e. The van der Waals surface area contributed by atoms with Crippen LogP contribution < -0.4 is 10.1 Å². The van der Waals surface area contributed by atoms with Crippen molar-refractivity contribution in [2.45, 2.75) is 26.3 Å². The predicted octanol–water partition coefficient (Wildman–Crippen LogP) is 1.92. The van der Waals surface area contributed by atoms with Crippen molar-refractivity contribution in [1.82, 2.24) is 5.32 Å². The highest BCUT2D eigenvalue weighted by Crippen LogP contribution is 2.16. The molecule has 0 aliphatic rings. The van der Waals surface area contributed by atoms with Gasteiger partial charge in [0.15, 0.2) is 0 Å². The van der Waals surface area contributed by atoms with Crippen molar-refractivity contribution in [1.29, 1.82) is 0 Å². The van der Waals surface area contributed by atoms with Crippen molar-refractivity contribution < 1.29 is 14.3 Å². The number of benzene rings is 1. The molecule has 1 N–H and O–H groups in total. The van der Waals surface area contributed by atoms with E-state index in [9.17, 15) is 4.79 Å². The van der Waals surface area contributed by atoms with E-state index in [0.29, 0.717) is 13.0 Å². The van der Waals surface area contributed by atoms with Crippen molar-refractivity contribution in [2.75, 3.05) is 20.3 Å². The molecular weight excluding hydrogens is 230 g/mol. The zero-order valence-corrected chi connectivity index (χ0v) is 11.2. The van der Waals surface area contributed by atoms with Gasteiger partial charge in [0.1, 0.15) is 11.8 Å². The lowest BCUT2D eigenvalue weighted by Crippen LogP contribution is -2.38. The van der Waals surface area contributed by atoms with E-state index < -0.39 is 0 Å². The van der Waals surface area contributed by atoms with Crippen LogP contribution in [0.3, 0.4) is 0 Å². The third-order valence-corrected chi connectivity index (χ3v) is 2.69. The SMILES string of the molecule is CCNC(CCOc1ccccc1C)C(=O)OC. The van der Waals surface area contributed by atoms with Gasteiger partial charge in [-0.3, -0.25) is 4.79 Å². The van der Waals surface area contributed by atoms with E-state index in [0.717, 1.165) is 17.9 Å². The van der Waals surface area contributed by atoms with Gasteiger partial charge in [-0.15, -0.1) is 0 Å². The molecule has 0 aliphatic carbocycles. The van der Waals surface area contributed by atoms with Crippen molar-refractivity contribution in [2.24, 2.45) is 0 Å². The normalized spacial score (nSPS) is 11.9. The number of methoxy groups -OCH3 is 1. The largest absolute Gasteiger partial charge is 0.493 e. The van der Waals surface area contributed by atoms with Gasteiger partial charge in [-0.05, 0) is 25.1 Å². The molecule has 0 saturated heterocycles. The van der Waals surface area contributed by atoms with Crippen LogP contribution in [0.1, 0.15) is 18.9 Å². The molecule has 0 amide bonds. The molecule has 100 valence electrons. The fourth-order valence-electron chi connectivity index (χ4n) is 1.70. The van der Waals surface area contributed by atoms with Crippen molar-refractivity contribution in [3.63, 3.8) is 0 Å². The number of carbonyl (C=O) groups is 1. The Kier molecular flexibility index (Phi) is 6.22. The Morgan fingerprint density at radius 2 is 2.11 bits per heavy atom. The molecule has 1 aromatic rings. The number of hydrogen-bond acceptors (Lipinski definition) is 4. The molecular formula is C14H21NO3. The van der Waals surface area contributed by atoms with Crippen LogP contribution in [0.4, 0.5) is 0 Å². The maximum absolute atomic E-state index is 11.5. The molecule has 0 fully saturated rings. The Balaban J connectivity index is 2.44. The van der Waals surface area contributed by atoms with E-state index in [1.54, 1.807) is 0 Å². The van der Waals surface area contributed by atoms with Gasteiger partial charge >= 0.3 is 5.97 Å². The number of ether oxygens (including phenoxy) is 2. The maximum Gasteiger partial charge on any atom is 0.322 e. The molecule has 18 heavy (non-hydrogen) atoms. The Hall–Kier alpha value is -1.55. The second-order valence-electron chi connectivity index (χ2n) is 4.04. The molecule has 0 spiro atoms. The van der Waals surface area contributed by atoms with E-state index in [-0.39, 0.29) is 12.0 Å². The van der Waals surface area contributed by atoms with Gasteiger partial charge in [-0.25, -0.2) is 0 Å². The highest BCUT2D eigenvalue weighted by atomic mass is 16.5. The quantitative estimate of drug-likeness (QED) is 0.752. The average molecular weight is 251 g/mol. The summed E-state index contributed by atoms with van der Waals surface area (Å²) in [5, 5.41) is 3.08. The fraction of sp³-hybridized carbons (Fsp3) is 0.500. The summed E-state index contributed by atoms with van der Waals surface area (Å²) in [5.74, 6) is 0.614. The van der Waals surface area contributed by atoms with Gasteiger partial charge in [0.25, 0.3) is 0 Å². The van der Waals surface area contributed by atoms with Gasteiger partial charge in [-0.1, -0.05) is 25.1 Å². The van der Waals surface area contributed by atoms with Crippen LogP contribution in [0, 0.1) is 6.92 Å². The number of esters is 1. The number of aryl methyl sites for hydroxylation is 1. The van der Waals surface area contributed by atoms with Gasteiger partial charge < -0.3 is 14.8 Å². The molecule has 1 aromatic carbocycles. The standard InChI is InChI=1S/C14H21NO3/c1-4-15-12(14(16)17-3)9-10-18-13-8-6-5-7-11(13)2/h5-8,12,15H,4,9-10H2,1-3H3. The minimum atomic E-state index is -0.302. The fourth-order valence-corrected chi connectivity index (χ4v) is 1.70. The summed E-state index contributed by atoms with van der Waals surface area (Å²) in [5.41, 5.74) is 1.09. The second-order valence-corrected chi connectivity index (χ2v) is 4.04. The molecule has 1 atom stereocenters. The summed E-state index contributed by atoms with van der Waals surface area (Å²) in [6, 6.07) is 7.53. The summed E-state index contributed by atoms with van der Waals surface area (Å²) in [6.07, 6.45) is 0.592. The van der Waals surface area contributed by atoms with E-state index in [4.69, 9.17) is 9.47 Å². The van der Waals surface area contributed by atoms with Crippen LogP contribution in [-0.4, -0.2) is 32.3 Å². The maximum atomic E-state index is 11.5. The third kappa shape index (κ3) is 4.37. The van der Waals surface area contributed by atoms with Crippen LogP contribution in [-0.2, 0) is 9.53 Å². The molecule has 4 nitrogen and oxygen atoms in total. The van der Waals surface area contributed by atoms with Gasteiger partial charge in [0.05, 0.1) is 13.7 Å². The first-order valence-corrected chi connectivity index (χ1v) is 6.18. The summed E-state index contributed by atoms with van der Waals surface area (Å²) >= 11 is 0. The van der Waals surface area contributed by atoms with E-state index in [1.165, 1.54) is 7.11 Å². The minimum absolute atomic E-state index is 0.245. The Bertz CT molecular complexity index is 379. The minimum Gasteiger partial charge on any atom is -0.493 e. The zero-order chi connectivity index (χ0) is 13.4. The number of likely N-dealkylation sites (N-methyl/N-ethyl adjacent to an activating group) is 1. The van der Waals surface area contributed by atoms with Crippen LogP contribution in [0.15, 0.2) is 24.3 Å². The first-order chi connectivity index (χ1) is 8.69. The van der Waals surface area contributed by atoms with Gasteiger partial charge in [-0.2, -0.15) is 0 Å². The molecule has 1 rings (SSSR count). The molecule has 0 radical (unpaired) electrons. The van der Waals surface area contributed by atoms with Gasteiger partial charge in [0, 0.05) is 6.42 Å². The van der Waals surface area contributed by atoms with Crippen LogP contribution in [0.5, 0.6) is 5.75 Å². The lowest BCUT2D eigenvalue weighted by atomic mass is 10.2. The average Bonchev–Trinajstić information content (AvgIpc) is 2.39. The first-order valence-electron chi connectivity index (χ1n) is 6.18. The topological polar surface area (TPSA) is 47.6 Å². The number of carbonyl (C=O) groups excluding carboxylic acids is 1.